The smallest absolute Gasteiger partial charge is 0.288 e. The Bertz CT molecular complexity index is 757. The molecule has 5 nitrogen and oxygen atoms in total. The summed E-state index contributed by atoms with van der Waals surface area (Å²) in [6.45, 7) is 0. The summed E-state index contributed by atoms with van der Waals surface area (Å²) < 4.78 is 0. The molecule has 0 atom stereocenters. The molecule has 114 valence electrons. The molecule has 0 bridgehead atoms. The van der Waals surface area contributed by atoms with Crippen LogP contribution in [-0.2, 0) is 0 Å². The average molecular weight is 380 g/mol. The van der Waals surface area contributed by atoms with Crippen molar-refractivity contribution in [2.24, 2.45) is 0 Å². The van der Waals surface area contributed by atoms with Crippen molar-refractivity contribution in [3.63, 3.8) is 0 Å². The summed E-state index contributed by atoms with van der Waals surface area (Å²) in [6, 6.07) is 6.50. The minimum atomic E-state index is -0.679. The van der Waals surface area contributed by atoms with Crippen molar-refractivity contribution in [2.45, 2.75) is 0 Å². The molecular formula is C13H6Cl4N2O3. The Hall–Kier alpha value is -1.53. The van der Waals surface area contributed by atoms with Crippen molar-refractivity contribution in [1.29, 1.82) is 0 Å². The molecule has 1 amide bonds. The molecule has 0 aliphatic heterocycles. The molecule has 22 heavy (non-hydrogen) atoms. The van der Waals surface area contributed by atoms with Gasteiger partial charge < -0.3 is 5.32 Å². The van der Waals surface area contributed by atoms with Crippen molar-refractivity contribution in [2.75, 3.05) is 5.32 Å². The highest BCUT2D eigenvalue weighted by molar-refractivity contribution is 6.42. The molecule has 0 unspecified atom stereocenters. The predicted molar refractivity (Wildman–Crippen MR) is 87.5 cm³/mol. The van der Waals surface area contributed by atoms with Crippen molar-refractivity contribution in [1.82, 2.24) is 0 Å². The number of carbonyl (C=O) groups is 1. The Morgan fingerprint density at radius 2 is 1.59 bits per heavy atom. The number of anilines is 1. The molecule has 9 heteroatoms. The van der Waals surface area contributed by atoms with E-state index in [0.717, 1.165) is 6.07 Å². The minimum absolute atomic E-state index is 0.0400. The van der Waals surface area contributed by atoms with E-state index in [1.165, 1.54) is 24.3 Å². The zero-order chi connectivity index (χ0) is 16.4. The maximum absolute atomic E-state index is 12.2. The van der Waals surface area contributed by atoms with Crippen LogP contribution in [0.3, 0.4) is 0 Å². The van der Waals surface area contributed by atoms with Gasteiger partial charge in [-0.1, -0.05) is 46.4 Å². The normalized spacial score (nSPS) is 10.4. The first kappa shape index (κ1) is 16.8. The van der Waals surface area contributed by atoms with Crippen LogP contribution in [0.4, 0.5) is 11.4 Å². The van der Waals surface area contributed by atoms with E-state index in [1.807, 2.05) is 0 Å². The summed E-state index contributed by atoms with van der Waals surface area (Å²) >= 11 is 23.4. The maximum atomic E-state index is 12.2. The Balaban J connectivity index is 2.34. The molecule has 0 aromatic heterocycles. The molecule has 0 radical (unpaired) electrons. The van der Waals surface area contributed by atoms with E-state index >= 15 is 0 Å². The molecule has 1 N–H and O–H groups in total. The molecule has 2 rings (SSSR count). The third-order valence-corrected chi connectivity index (χ3v) is 3.78. The van der Waals surface area contributed by atoms with E-state index in [0.29, 0.717) is 5.02 Å². The maximum Gasteiger partial charge on any atom is 0.288 e. The lowest BCUT2D eigenvalue weighted by Crippen LogP contribution is -2.13. The highest BCUT2D eigenvalue weighted by Gasteiger charge is 2.18. The lowest BCUT2D eigenvalue weighted by molar-refractivity contribution is -0.384. The number of nitro groups is 1. The fourth-order valence-corrected chi connectivity index (χ4v) is 2.74. The van der Waals surface area contributed by atoms with Gasteiger partial charge in [-0.15, -0.1) is 0 Å². The first-order valence-corrected chi connectivity index (χ1v) is 7.20. The first-order valence-electron chi connectivity index (χ1n) is 5.69. The van der Waals surface area contributed by atoms with Gasteiger partial charge in [-0.3, -0.25) is 14.9 Å². The van der Waals surface area contributed by atoms with E-state index in [4.69, 9.17) is 46.4 Å². The van der Waals surface area contributed by atoms with Gasteiger partial charge >= 0.3 is 0 Å². The van der Waals surface area contributed by atoms with Gasteiger partial charge in [-0.25, -0.2) is 0 Å². The number of nitrogens with zero attached hydrogens (tertiary/aromatic N) is 1. The van der Waals surface area contributed by atoms with Crippen LogP contribution in [0.5, 0.6) is 0 Å². The molecule has 2 aromatic rings. The van der Waals surface area contributed by atoms with Crippen molar-refractivity contribution in [3.8, 4) is 0 Å². The fraction of sp³-hybridized carbons (Fsp3) is 0. The van der Waals surface area contributed by atoms with Crippen LogP contribution in [0, 0.1) is 10.1 Å². The van der Waals surface area contributed by atoms with E-state index in [2.05, 4.69) is 5.32 Å². The van der Waals surface area contributed by atoms with Crippen LogP contribution in [-0.4, -0.2) is 10.8 Å². The van der Waals surface area contributed by atoms with E-state index < -0.39 is 10.8 Å². The second kappa shape index (κ2) is 6.71. The standard InChI is InChI=1S/C13H6Cl4N2O3/c14-7-4-9(16)12(10(17)5-7)18-13(20)6-1-2-8(15)11(3-6)19(21)22/h1-5H,(H,18,20). The number of hydrogen-bond acceptors (Lipinski definition) is 3. The summed E-state index contributed by atoms with van der Waals surface area (Å²) in [4.78, 5) is 22.3. The van der Waals surface area contributed by atoms with Gasteiger partial charge in [-0.2, -0.15) is 0 Å². The summed E-state index contributed by atoms with van der Waals surface area (Å²) in [5.41, 5.74) is -0.170. The molecule has 0 spiro atoms. The Morgan fingerprint density at radius 1 is 1.00 bits per heavy atom. The number of hydrogen-bond donors (Lipinski definition) is 1. The summed E-state index contributed by atoms with van der Waals surface area (Å²) in [6.07, 6.45) is 0. The van der Waals surface area contributed by atoms with Gasteiger partial charge in [0.2, 0.25) is 0 Å². The van der Waals surface area contributed by atoms with E-state index in [-0.39, 0.29) is 32.0 Å². The number of rotatable bonds is 3. The fourth-order valence-electron chi connectivity index (χ4n) is 1.64. The number of carbonyl (C=O) groups excluding carboxylic acids is 1. The Morgan fingerprint density at radius 3 is 2.14 bits per heavy atom. The topological polar surface area (TPSA) is 72.2 Å². The number of amides is 1. The summed E-state index contributed by atoms with van der Waals surface area (Å²) in [5, 5.41) is 13.9. The lowest BCUT2D eigenvalue weighted by atomic mass is 10.2. The minimum Gasteiger partial charge on any atom is -0.319 e. The molecular weight excluding hydrogens is 374 g/mol. The van der Waals surface area contributed by atoms with Crippen LogP contribution in [0.2, 0.25) is 20.1 Å². The van der Waals surface area contributed by atoms with Crippen LogP contribution >= 0.6 is 46.4 Å². The zero-order valence-electron chi connectivity index (χ0n) is 10.6. The molecule has 0 fully saturated rings. The van der Waals surface area contributed by atoms with Gasteiger partial charge in [0.25, 0.3) is 11.6 Å². The second-order valence-electron chi connectivity index (χ2n) is 4.12. The average Bonchev–Trinajstić information content (AvgIpc) is 2.42. The predicted octanol–water partition coefficient (Wildman–Crippen LogP) is 5.46. The van der Waals surface area contributed by atoms with Crippen molar-refractivity contribution >= 4 is 63.7 Å². The highest BCUT2D eigenvalue weighted by atomic mass is 35.5. The number of halogens is 4. The molecule has 0 aliphatic carbocycles. The number of nitrogens with one attached hydrogen (secondary N) is 1. The molecule has 2 aromatic carbocycles. The van der Waals surface area contributed by atoms with Gasteiger partial charge in [-0.05, 0) is 24.3 Å². The Kier molecular flexibility index (Phi) is 5.13. The van der Waals surface area contributed by atoms with Gasteiger partial charge in [0, 0.05) is 16.7 Å². The number of benzene rings is 2. The first-order chi connectivity index (χ1) is 10.3. The van der Waals surface area contributed by atoms with E-state index in [9.17, 15) is 14.9 Å². The van der Waals surface area contributed by atoms with Crippen molar-refractivity contribution in [3.05, 3.63) is 66.1 Å². The van der Waals surface area contributed by atoms with Gasteiger partial charge in [0.15, 0.2) is 0 Å². The Labute approximate surface area is 144 Å². The highest BCUT2D eigenvalue weighted by Crippen LogP contribution is 2.34. The van der Waals surface area contributed by atoms with E-state index in [1.54, 1.807) is 0 Å². The molecule has 0 aliphatic rings. The number of nitro benzene ring substituents is 1. The van der Waals surface area contributed by atoms with Crippen LogP contribution < -0.4 is 5.32 Å². The van der Waals surface area contributed by atoms with Crippen molar-refractivity contribution < 1.29 is 9.72 Å². The monoisotopic (exact) mass is 378 g/mol. The summed E-state index contributed by atoms with van der Waals surface area (Å²) in [7, 11) is 0. The molecule has 0 heterocycles. The van der Waals surface area contributed by atoms with Crippen LogP contribution in [0.25, 0.3) is 0 Å². The quantitative estimate of drug-likeness (QED) is 0.568. The lowest BCUT2D eigenvalue weighted by Gasteiger charge is -2.10. The largest absolute Gasteiger partial charge is 0.319 e. The van der Waals surface area contributed by atoms with Gasteiger partial charge in [0.1, 0.15) is 5.02 Å². The molecule has 0 saturated carbocycles. The third kappa shape index (κ3) is 3.62. The van der Waals surface area contributed by atoms with Gasteiger partial charge in [0.05, 0.1) is 20.7 Å². The summed E-state index contributed by atoms with van der Waals surface area (Å²) in [5.74, 6) is -0.620. The zero-order valence-corrected chi connectivity index (χ0v) is 13.6. The molecule has 0 saturated heterocycles. The second-order valence-corrected chi connectivity index (χ2v) is 5.78. The van der Waals surface area contributed by atoms with Crippen LogP contribution in [0.15, 0.2) is 30.3 Å². The van der Waals surface area contributed by atoms with Crippen LogP contribution in [0.1, 0.15) is 10.4 Å². The third-order valence-electron chi connectivity index (χ3n) is 2.65. The SMILES string of the molecule is O=C(Nc1c(Cl)cc(Cl)cc1Cl)c1ccc(Cl)c([N+](=O)[O-])c1.